The Labute approximate surface area is 183 Å². The van der Waals surface area contributed by atoms with Crippen molar-refractivity contribution in [2.24, 2.45) is 0 Å². The van der Waals surface area contributed by atoms with Crippen LogP contribution in [0.1, 0.15) is 31.2 Å². The summed E-state index contributed by atoms with van der Waals surface area (Å²) >= 11 is 6.04. The Morgan fingerprint density at radius 2 is 1.80 bits per heavy atom. The minimum atomic E-state index is -3.54. The van der Waals surface area contributed by atoms with E-state index >= 15 is 0 Å². The summed E-state index contributed by atoms with van der Waals surface area (Å²) in [6.45, 7) is 3.43. The molecule has 1 saturated heterocycles. The van der Waals surface area contributed by atoms with Crippen LogP contribution >= 0.6 is 11.6 Å². The molecule has 1 aliphatic heterocycles. The van der Waals surface area contributed by atoms with E-state index in [-0.39, 0.29) is 16.8 Å². The first kappa shape index (κ1) is 22.6. The predicted octanol–water partition coefficient (Wildman–Crippen LogP) is 3.78. The number of carbonyl (C=O) groups excluding carboxylic acids is 1. The fraction of sp³-hybridized carbons (Fsp3) is 0.409. The molecule has 0 spiro atoms. The average molecular weight is 451 g/mol. The Kier molecular flexibility index (Phi) is 7.75. The number of rotatable bonds is 8. The van der Waals surface area contributed by atoms with Crippen molar-refractivity contribution >= 4 is 27.5 Å². The number of sulfonamides is 1. The molecule has 1 aliphatic rings. The van der Waals surface area contributed by atoms with E-state index in [0.717, 1.165) is 5.56 Å². The molecule has 1 fully saturated rings. The molecule has 1 amide bonds. The summed E-state index contributed by atoms with van der Waals surface area (Å²) < 4.78 is 33.4. The van der Waals surface area contributed by atoms with E-state index in [1.54, 1.807) is 41.3 Å². The van der Waals surface area contributed by atoms with Crippen LogP contribution in [0.4, 0.5) is 0 Å². The summed E-state index contributed by atoms with van der Waals surface area (Å²) in [7, 11) is -3.54. The number of carbonyl (C=O) groups is 1. The van der Waals surface area contributed by atoms with Crippen molar-refractivity contribution in [2.75, 3.05) is 19.7 Å². The van der Waals surface area contributed by atoms with Crippen LogP contribution in [-0.2, 0) is 14.8 Å². The minimum Gasteiger partial charge on any atom is -0.492 e. The predicted molar refractivity (Wildman–Crippen MR) is 117 cm³/mol. The topological polar surface area (TPSA) is 75.7 Å². The molecule has 0 aromatic heterocycles. The van der Waals surface area contributed by atoms with E-state index < -0.39 is 10.0 Å². The molecule has 0 saturated carbocycles. The smallest absolute Gasteiger partial charge is 0.240 e. The maximum atomic E-state index is 12.5. The van der Waals surface area contributed by atoms with Gasteiger partial charge in [0.25, 0.3) is 0 Å². The van der Waals surface area contributed by atoms with Crippen molar-refractivity contribution < 1.29 is 17.9 Å². The highest BCUT2D eigenvalue weighted by Crippen LogP contribution is 2.23. The number of amides is 1. The second kappa shape index (κ2) is 10.3. The zero-order valence-electron chi connectivity index (χ0n) is 17.0. The Balaban J connectivity index is 1.40. The molecule has 162 valence electrons. The first-order chi connectivity index (χ1) is 14.3. The lowest BCUT2D eigenvalue weighted by Gasteiger charge is -2.32. The van der Waals surface area contributed by atoms with Crippen LogP contribution in [0.2, 0.25) is 5.02 Å². The van der Waals surface area contributed by atoms with Gasteiger partial charge >= 0.3 is 0 Å². The van der Waals surface area contributed by atoms with Crippen molar-refractivity contribution in [3.05, 3.63) is 59.1 Å². The van der Waals surface area contributed by atoms with Gasteiger partial charge in [0.15, 0.2) is 0 Å². The Morgan fingerprint density at radius 1 is 1.13 bits per heavy atom. The summed E-state index contributed by atoms with van der Waals surface area (Å²) in [5, 5.41) is 0.555. The Bertz CT molecular complexity index is 955. The van der Waals surface area contributed by atoms with Crippen molar-refractivity contribution in [3.8, 4) is 5.75 Å². The zero-order valence-corrected chi connectivity index (χ0v) is 18.6. The molecule has 2 aromatic rings. The van der Waals surface area contributed by atoms with Gasteiger partial charge in [-0.1, -0.05) is 41.4 Å². The normalized spacial score (nSPS) is 15.2. The van der Waals surface area contributed by atoms with Crippen LogP contribution in [0.15, 0.2) is 53.4 Å². The van der Waals surface area contributed by atoms with Crippen LogP contribution in [0.3, 0.4) is 0 Å². The fourth-order valence-corrected chi connectivity index (χ4v) is 4.87. The lowest BCUT2D eigenvalue weighted by Crippen LogP contribution is -2.46. The van der Waals surface area contributed by atoms with E-state index in [1.165, 1.54) is 0 Å². The highest BCUT2D eigenvalue weighted by atomic mass is 35.5. The Hall–Kier alpha value is -2.09. The van der Waals surface area contributed by atoms with Crippen molar-refractivity contribution in [2.45, 2.75) is 43.5 Å². The molecule has 0 atom stereocenters. The van der Waals surface area contributed by atoms with E-state index in [4.69, 9.17) is 16.3 Å². The van der Waals surface area contributed by atoms with Gasteiger partial charge in [0.2, 0.25) is 15.9 Å². The van der Waals surface area contributed by atoms with Crippen molar-refractivity contribution in [1.29, 1.82) is 0 Å². The van der Waals surface area contributed by atoms with Gasteiger partial charge < -0.3 is 9.64 Å². The molecular formula is C22H27ClN2O4S. The second-order valence-corrected chi connectivity index (χ2v) is 9.59. The minimum absolute atomic E-state index is 0.0672. The van der Waals surface area contributed by atoms with E-state index in [0.29, 0.717) is 56.2 Å². The number of benzene rings is 2. The molecule has 2 aromatic carbocycles. The molecule has 0 radical (unpaired) electrons. The van der Waals surface area contributed by atoms with E-state index in [1.807, 2.05) is 19.1 Å². The van der Waals surface area contributed by atoms with Crippen LogP contribution in [0.25, 0.3) is 0 Å². The molecule has 0 aliphatic carbocycles. The van der Waals surface area contributed by atoms with Gasteiger partial charge in [0.05, 0.1) is 16.5 Å². The molecule has 1 heterocycles. The third-order valence-electron chi connectivity index (χ3n) is 5.13. The van der Waals surface area contributed by atoms with Gasteiger partial charge in [0.1, 0.15) is 5.75 Å². The monoisotopic (exact) mass is 450 g/mol. The molecule has 3 rings (SSSR count). The van der Waals surface area contributed by atoms with Crippen LogP contribution in [0, 0.1) is 6.92 Å². The summed E-state index contributed by atoms with van der Waals surface area (Å²) in [6, 6.07) is 13.9. The Morgan fingerprint density at radius 3 is 2.47 bits per heavy atom. The number of ether oxygens (including phenoxy) is 1. The number of para-hydroxylation sites is 1. The molecular weight excluding hydrogens is 424 g/mol. The molecule has 1 N–H and O–H groups in total. The van der Waals surface area contributed by atoms with Gasteiger partial charge in [-0.2, -0.15) is 0 Å². The molecule has 8 heteroatoms. The lowest BCUT2D eigenvalue weighted by atomic mass is 10.1. The third kappa shape index (κ3) is 6.20. The van der Waals surface area contributed by atoms with Gasteiger partial charge in [-0.25, -0.2) is 13.1 Å². The SMILES string of the molecule is Cc1ccc(S(=O)(=O)NC2CCN(C(=O)CCCOc3ccccc3Cl)CC2)cc1. The number of hydrogen-bond acceptors (Lipinski definition) is 4. The van der Waals surface area contributed by atoms with Crippen LogP contribution in [0.5, 0.6) is 5.75 Å². The third-order valence-corrected chi connectivity index (χ3v) is 6.98. The number of likely N-dealkylation sites (tertiary alicyclic amines) is 1. The van der Waals surface area contributed by atoms with E-state index in [9.17, 15) is 13.2 Å². The highest BCUT2D eigenvalue weighted by molar-refractivity contribution is 7.89. The van der Waals surface area contributed by atoms with Gasteiger partial charge in [-0.05, 0) is 50.5 Å². The highest BCUT2D eigenvalue weighted by Gasteiger charge is 2.26. The van der Waals surface area contributed by atoms with Crippen LogP contribution in [-0.4, -0.2) is 45.0 Å². The molecule has 0 unspecified atom stereocenters. The number of nitrogens with one attached hydrogen (secondary N) is 1. The number of nitrogens with zero attached hydrogens (tertiary/aromatic N) is 1. The largest absolute Gasteiger partial charge is 0.492 e. The maximum Gasteiger partial charge on any atom is 0.240 e. The number of halogens is 1. The van der Waals surface area contributed by atoms with Gasteiger partial charge in [0, 0.05) is 25.6 Å². The fourth-order valence-electron chi connectivity index (χ4n) is 3.38. The summed E-state index contributed by atoms with van der Waals surface area (Å²) in [5.41, 5.74) is 1.01. The summed E-state index contributed by atoms with van der Waals surface area (Å²) in [6.07, 6.45) is 2.20. The molecule has 6 nitrogen and oxygen atoms in total. The quantitative estimate of drug-likeness (QED) is 0.621. The van der Waals surface area contributed by atoms with Gasteiger partial charge in [-0.15, -0.1) is 0 Å². The number of piperidine rings is 1. The number of hydrogen-bond donors (Lipinski definition) is 1. The van der Waals surface area contributed by atoms with Gasteiger partial charge in [-0.3, -0.25) is 4.79 Å². The standard InChI is InChI=1S/C22H27ClN2O4S/c1-17-8-10-19(11-9-17)30(27,28)24-18-12-14-25(15-13-18)22(26)7-4-16-29-21-6-3-2-5-20(21)23/h2-3,5-6,8-11,18,24H,4,7,12-16H2,1H3. The molecule has 30 heavy (non-hydrogen) atoms. The lowest BCUT2D eigenvalue weighted by molar-refractivity contribution is -0.132. The second-order valence-electron chi connectivity index (χ2n) is 7.47. The molecule has 0 bridgehead atoms. The number of aryl methyl sites for hydroxylation is 1. The zero-order chi connectivity index (χ0) is 21.6. The summed E-state index contributed by atoms with van der Waals surface area (Å²) in [5.74, 6) is 0.686. The first-order valence-electron chi connectivity index (χ1n) is 10.1. The van der Waals surface area contributed by atoms with Crippen molar-refractivity contribution in [3.63, 3.8) is 0 Å². The average Bonchev–Trinajstić information content (AvgIpc) is 2.73. The maximum absolute atomic E-state index is 12.5. The summed E-state index contributed by atoms with van der Waals surface area (Å²) in [4.78, 5) is 14.5. The first-order valence-corrected chi connectivity index (χ1v) is 12.0. The van der Waals surface area contributed by atoms with Crippen molar-refractivity contribution in [1.82, 2.24) is 9.62 Å². The van der Waals surface area contributed by atoms with E-state index in [2.05, 4.69) is 4.72 Å². The van der Waals surface area contributed by atoms with Crippen LogP contribution < -0.4 is 9.46 Å².